The summed E-state index contributed by atoms with van der Waals surface area (Å²) < 4.78 is 38.0. The molecule has 1 aromatic carbocycles. The molecule has 22 heavy (non-hydrogen) atoms. The van der Waals surface area contributed by atoms with Crippen LogP contribution in [0.1, 0.15) is 26.3 Å². The van der Waals surface area contributed by atoms with Crippen molar-refractivity contribution in [2.45, 2.75) is 26.9 Å². The summed E-state index contributed by atoms with van der Waals surface area (Å²) in [7, 11) is 0. The summed E-state index contributed by atoms with van der Waals surface area (Å²) in [5, 5.41) is 14.3. The van der Waals surface area contributed by atoms with E-state index in [1.165, 1.54) is 0 Å². The molecule has 1 aromatic rings. The summed E-state index contributed by atoms with van der Waals surface area (Å²) in [5.74, 6) is 0. The molecule has 0 amide bonds. The quantitative estimate of drug-likeness (QED) is 0.454. The molecular weight excluding hydrogens is 346 g/mol. The Morgan fingerprint density at radius 1 is 1.32 bits per heavy atom. The number of rotatable bonds is 3. The lowest BCUT2D eigenvalue weighted by atomic mass is 9.99. The van der Waals surface area contributed by atoms with Gasteiger partial charge in [-0.1, -0.05) is 44.0 Å². The van der Waals surface area contributed by atoms with Crippen LogP contribution >= 0.6 is 23.2 Å². The first-order valence-electron chi connectivity index (χ1n) is 5.89. The zero-order chi connectivity index (χ0) is 17.3. The molecule has 0 unspecified atom stereocenters. The molecule has 0 saturated carbocycles. The minimum absolute atomic E-state index is 0.0813. The van der Waals surface area contributed by atoms with Crippen molar-refractivity contribution in [1.29, 1.82) is 0 Å². The van der Waals surface area contributed by atoms with Crippen LogP contribution in [0.2, 0.25) is 5.02 Å². The van der Waals surface area contributed by atoms with Gasteiger partial charge in [-0.2, -0.15) is 18.3 Å². The van der Waals surface area contributed by atoms with Crippen molar-refractivity contribution in [1.82, 2.24) is 0 Å². The van der Waals surface area contributed by atoms with E-state index in [0.29, 0.717) is 12.1 Å². The van der Waals surface area contributed by atoms with Crippen LogP contribution in [0.5, 0.6) is 0 Å². The summed E-state index contributed by atoms with van der Waals surface area (Å²) in [6.07, 6.45) is -4.75. The van der Waals surface area contributed by atoms with Crippen molar-refractivity contribution in [3.63, 3.8) is 0 Å². The summed E-state index contributed by atoms with van der Waals surface area (Å²) in [5.41, 5.74) is -0.703. The Hall–Kier alpha value is -1.54. The van der Waals surface area contributed by atoms with E-state index in [0.717, 1.165) is 0 Å². The van der Waals surface area contributed by atoms with Crippen LogP contribution in [0.15, 0.2) is 17.2 Å². The Labute approximate surface area is 134 Å². The van der Waals surface area contributed by atoms with Gasteiger partial charge >= 0.3 is 6.18 Å². The lowest BCUT2D eigenvalue weighted by Gasteiger charge is -2.16. The molecule has 10 heteroatoms. The highest BCUT2D eigenvalue weighted by Gasteiger charge is 2.34. The Kier molecular flexibility index (Phi) is 5.30. The minimum Gasteiger partial charge on any atom is -0.269 e. The molecule has 0 aliphatic heterocycles. The van der Waals surface area contributed by atoms with E-state index < -0.39 is 32.8 Å². The molecule has 1 N–H and O–H groups in total. The number of alkyl halides is 3. The average molecular weight is 358 g/mol. The van der Waals surface area contributed by atoms with Gasteiger partial charge in [-0.25, -0.2) is 0 Å². The number of benzene rings is 1. The van der Waals surface area contributed by atoms with Crippen molar-refractivity contribution in [3.8, 4) is 0 Å². The van der Waals surface area contributed by atoms with Crippen molar-refractivity contribution < 1.29 is 18.1 Å². The van der Waals surface area contributed by atoms with Gasteiger partial charge in [0.05, 0.1) is 15.5 Å². The SMILES string of the molecule is CC(C)(C)C(Cl)=NNc1c(Cl)cc(C(F)(F)F)cc1[N+](=O)[O-]. The van der Waals surface area contributed by atoms with Crippen LogP contribution in [0, 0.1) is 15.5 Å². The molecule has 1 rings (SSSR count). The van der Waals surface area contributed by atoms with Crippen LogP contribution in [0.3, 0.4) is 0 Å². The van der Waals surface area contributed by atoms with Gasteiger partial charge in [0.1, 0.15) is 5.17 Å². The summed E-state index contributed by atoms with van der Waals surface area (Å²) in [6, 6.07) is 0.964. The fourth-order valence-corrected chi connectivity index (χ4v) is 1.58. The largest absolute Gasteiger partial charge is 0.416 e. The molecule has 0 atom stereocenters. The second-order valence-corrected chi connectivity index (χ2v) is 6.14. The molecule has 0 fully saturated rings. The van der Waals surface area contributed by atoms with Crippen molar-refractivity contribution in [2.24, 2.45) is 10.5 Å². The molecule has 0 radical (unpaired) electrons. The predicted molar refractivity (Wildman–Crippen MR) is 79.5 cm³/mol. The molecule has 0 aromatic heterocycles. The summed E-state index contributed by atoms with van der Waals surface area (Å²) in [6.45, 7) is 5.22. The molecular formula is C12H12Cl2F3N3O2. The zero-order valence-corrected chi connectivity index (χ0v) is 13.3. The highest BCUT2D eigenvalue weighted by Crippen LogP contribution is 2.40. The highest BCUT2D eigenvalue weighted by atomic mass is 35.5. The van der Waals surface area contributed by atoms with Gasteiger partial charge in [-0.05, 0) is 6.07 Å². The number of nitrogens with zero attached hydrogens (tertiary/aromatic N) is 2. The number of hydrogen-bond donors (Lipinski definition) is 1. The Morgan fingerprint density at radius 3 is 2.27 bits per heavy atom. The predicted octanol–water partition coefficient (Wildman–Crippen LogP) is 5.28. The number of anilines is 1. The van der Waals surface area contributed by atoms with Crippen LogP contribution in [0.25, 0.3) is 0 Å². The first-order chi connectivity index (χ1) is 9.84. The van der Waals surface area contributed by atoms with Crippen LogP contribution in [-0.4, -0.2) is 10.1 Å². The first kappa shape index (κ1) is 18.5. The topological polar surface area (TPSA) is 67.5 Å². The first-order valence-corrected chi connectivity index (χ1v) is 6.64. The van der Waals surface area contributed by atoms with Gasteiger partial charge in [0, 0.05) is 11.5 Å². The molecule has 0 spiro atoms. The average Bonchev–Trinajstić information content (AvgIpc) is 2.33. The lowest BCUT2D eigenvalue weighted by molar-refractivity contribution is -0.384. The van der Waals surface area contributed by atoms with Crippen LogP contribution in [0.4, 0.5) is 24.5 Å². The van der Waals surface area contributed by atoms with Gasteiger partial charge in [-0.3, -0.25) is 15.5 Å². The van der Waals surface area contributed by atoms with Gasteiger partial charge in [0.25, 0.3) is 5.69 Å². The van der Waals surface area contributed by atoms with Crippen molar-refractivity contribution >= 4 is 39.7 Å². The number of nitrogens with one attached hydrogen (secondary N) is 1. The van der Waals surface area contributed by atoms with Gasteiger partial charge in [-0.15, -0.1) is 0 Å². The van der Waals surface area contributed by atoms with E-state index in [9.17, 15) is 23.3 Å². The van der Waals surface area contributed by atoms with E-state index in [-0.39, 0.29) is 10.9 Å². The third-order valence-corrected chi connectivity index (χ3v) is 3.43. The normalized spacial score (nSPS) is 13.2. The molecule has 0 bridgehead atoms. The van der Waals surface area contributed by atoms with Gasteiger partial charge < -0.3 is 0 Å². The maximum Gasteiger partial charge on any atom is 0.416 e. The fraction of sp³-hybridized carbons (Fsp3) is 0.417. The third kappa shape index (κ3) is 4.48. The molecule has 0 aliphatic rings. The van der Waals surface area contributed by atoms with Crippen LogP contribution < -0.4 is 5.43 Å². The van der Waals surface area contributed by atoms with Crippen LogP contribution in [-0.2, 0) is 6.18 Å². The Morgan fingerprint density at radius 2 is 1.86 bits per heavy atom. The fourth-order valence-electron chi connectivity index (χ4n) is 1.28. The zero-order valence-electron chi connectivity index (χ0n) is 11.8. The van der Waals surface area contributed by atoms with E-state index >= 15 is 0 Å². The van der Waals surface area contributed by atoms with E-state index in [1.807, 2.05) is 0 Å². The lowest BCUT2D eigenvalue weighted by Crippen LogP contribution is -2.16. The second-order valence-electron chi connectivity index (χ2n) is 5.37. The Balaban J connectivity index is 3.34. The monoisotopic (exact) mass is 357 g/mol. The Bertz CT molecular complexity index is 625. The highest BCUT2D eigenvalue weighted by molar-refractivity contribution is 6.66. The maximum atomic E-state index is 12.7. The molecule has 0 aliphatic carbocycles. The molecule has 0 heterocycles. The van der Waals surface area contributed by atoms with Gasteiger partial charge in [0.2, 0.25) is 0 Å². The second kappa shape index (κ2) is 6.29. The number of halogens is 5. The van der Waals surface area contributed by atoms with E-state index in [1.54, 1.807) is 20.8 Å². The minimum atomic E-state index is -4.75. The molecule has 122 valence electrons. The summed E-state index contributed by atoms with van der Waals surface area (Å²) in [4.78, 5) is 9.97. The van der Waals surface area contributed by atoms with Gasteiger partial charge in [0.15, 0.2) is 5.69 Å². The number of hydrogen-bond acceptors (Lipinski definition) is 4. The number of nitro groups is 1. The van der Waals surface area contributed by atoms with Crippen molar-refractivity contribution in [2.75, 3.05) is 5.43 Å². The molecule has 5 nitrogen and oxygen atoms in total. The maximum absolute atomic E-state index is 12.7. The number of nitro benzene ring substituents is 1. The van der Waals surface area contributed by atoms with Crippen molar-refractivity contribution in [3.05, 3.63) is 32.8 Å². The van der Waals surface area contributed by atoms with E-state index in [2.05, 4.69) is 10.5 Å². The summed E-state index contributed by atoms with van der Waals surface area (Å²) >= 11 is 11.6. The number of hydrazone groups is 1. The third-order valence-electron chi connectivity index (χ3n) is 2.48. The smallest absolute Gasteiger partial charge is 0.269 e. The van der Waals surface area contributed by atoms with E-state index in [4.69, 9.17) is 23.2 Å². The molecule has 0 saturated heterocycles. The standard InChI is InChI=1S/C12H12Cl2F3N3O2/c1-11(2,3)10(14)19-18-9-7(13)4-6(12(15,16)17)5-8(9)20(21)22/h4-5,18H,1-3H3.